The van der Waals surface area contributed by atoms with Crippen molar-refractivity contribution in [2.24, 2.45) is 0 Å². The van der Waals surface area contributed by atoms with E-state index in [4.69, 9.17) is 0 Å². The minimum absolute atomic E-state index is 0.170. The maximum absolute atomic E-state index is 12.5. The summed E-state index contributed by atoms with van der Waals surface area (Å²) in [6, 6.07) is 9.83. The highest BCUT2D eigenvalue weighted by atomic mass is 16.1. The number of likely N-dealkylation sites (N-methyl/N-ethyl adjacent to an activating group) is 1. The molecule has 0 unspecified atom stereocenters. The fourth-order valence-corrected chi connectivity index (χ4v) is 3.09. The summed E-state index contributed by atoms with van der Waals surface area (Å²) in [4.78, 5) is 21.6. The molecular weight excluding hydrogens is 312 g/mol. The highest BCUT2D eigenvalue weighted by Gasteiger charge is 2.17. The molecular formula is C20H26N4O. The zero-order valence-corrected chi connectivity index (χ0v) is 15.2. The van der Waals surface area contributed by atoms with Crippen LogP contribution in [0.4, 0.5) is 11.4 Å². The molecule has 0 saturated carbocycles. The van der Waals surface area contributed by atoms with E-state index in [2.05, 4.69) is 27.0 Å². The van der Waals surface area contributed by atoms with Crippen molar-refractivity contribution in [1.29, 1.82) is 0 Å². The van der Waals surface area contributed by atoms with Gasteiger partial charge in [0.2, 0.25) is 0 Å². The van der Waals surface area contributed by atoms with Gasteiger partial charge in [-0.05, 0) is 49.7 Å². The number of piperazine rings is 1. The van der Waals surface area contributed by atoms with Crippen LogP contribution in [0.1, 0.15) is 28.5 Å². The molecule has 1 saturated heterocycles. The number of pyridine rings is 1. The Labute approximate surface area is 149 Å². The molecule has 2 aromatic rings. The van der Waals surface area contributed by atoms with Crippen molar-refractivity contribution in [2.45, 2.75) is 20.8 Å². The van der Waals surface area contributed by atoms with Crippen molar-refractivity contribution < 1.29 is 4.79 Å². The lowest BCUT2D eigenvalue weighted by Gasteiger charge is -2.35. The minimum Gasteiger partial charge on any atom is -0.368 e. The molecule has 3 rings (SSSR count). The lowest BCUT2D eigenvalue weighted by molar-refractivity contribution is 0.102. The second-order valence-corrected chi connectivity index (χ2v) is 6.60. The van der Waals surface area contributed by atoms with Gasteiger partial charge in [0.05, 0.1) is 11.9 Å². The summed E-state index contributed by atoms with van der Waals surface area (Å²) in [5, 5.41) is 2.96. The number of aromatic nitrogens is 1. The summed E-state index contributed by atoms with van der Waals surface area (Å²) in [7, 11) is 0. The summed E-state index contributed by atoms with van der Waals surface area (Å²) in [6.07, 6.45) is 1.81. The van der Waals surface area contributed by atoms with Crippen LogP contribution in [-0.2, 0) is 0 Å². The zero-order chi connectivity index (χ0) is 17.8. The average molecular weight is 338 g/mol. The van der Waals surface area contributed by atoms with Crippen LogP contribution in [0.3, 0.4) is 0 Å². The number of benzene rings is 1. The quantitative estimate of drug-likeness (QED) is 0.931. The Hall–Kier alpha value is -2.40. The fourth-order valence-electron chi connectivity index (χ4n) is 3.09. The van der Waals surface area contributed by atoms with E-state index in [-0.39, 0.29) is 5.91 Å². The smallest absolute Gasteiger partial charge is 0.274 e. The molecule has 1 fully saturated rings. The molecule has 1 aliphatic heterocycles. The number of rotatable bonds is 4. The van der Waals surface area contributed by atoms with Crippen molar-refractivity contribution in [3.63, 3.8) is 0 Å². The minimum atomic E-state index is -0.170. The molecule has 0 bridgehead atoms. The normalized spacial score (nSPS) is 15.2. The molecule has 1 aromatic heterocycles. The van der Waals surface area contributed by atoms with Crippen molar-refractivity contribution in [1.82, 2.24) is 9.88 Å². The average Bonchev–Trinajstić information content (AvgIpc) is 2.65. The topological polar surface area (TPSA) is 48.5 Å². The summed E-state index contributed by atoms with van der Waals surface area (Å²) in [5.74, 6) is -0.170. The third-order valence-corrected chi connectivity index (χ3v) is 4.81. The monoisotopic (exact) mass is 338 g/mol. The number of nitrogens with one attached hydrogen (secondary N) is 1. The summed E-state index contributed by atoms with van der Waals surface area (Å²) in [6.45, 7) is 11.5. The van der Waals surface area contributed by atoms with Gasteiger partial charge in [0.15, 0.2) is 0 Å². The Bertz CT molecular complexity index is 734. The van der Waals surface area contributed by atoms with Gasteiger partial charge in [-0.2, -0.15) is 0 Å². The maximum Gasteiger partial charge on any atom is 0.274 e. The summed E-state index contributed by atoms with van der Waals surface area (Å²) >= 11 is 0. The van der Waals surface area contributed by atoms with E-state index < -0.39 is 0 Å². The SMILES string of the molecule is CCN1CCN(c2ccc(C(=O)Nc3cc(C)ccc3C)nc2)CC1. The Morgan fingerprint density at radius 3 is 2.52 bits per heavy atom. The summed E-state index contributed by atoms with van der Waals surface area (Å²) < 4.78 is 0. The first kappa shape index (κ1) is 17.4. The van der Waals surface area contributed by atoms with Gasteiger partial charge >= 0.3 is 0 Å². The molecule has 1 aromatic carbocycles. The van der Waals surface area contributed by atoms with Gasteiger partial charge in [0, 0.05) is 31.9 Å². The molecule has 1 amide bonds. The largest absolute Gasteiger partial charge is 0.368 e. The molecule has 5 heteroatoms. The number of carbonyl (C=O) groups excluding carboxylic acids is 1. The van der Waals surface area contributed by atoms with Gasteiger partial charge in [-0.1, -0.05) is 19.1 Å². The lowest BCUT2D eigenvalue weighted by Crippen LogP contribution is -2.46. The highest BCUT2D eigenvalue weighted by molar-refractivity contribution is 6.03. The number of hydrogen-bond acceptors (Lipinski definition) is 4. The second kappa shape index (κ2) is 7.66. The van der Waals surface area contributed by atoms with Crippen LogP contribution < -0.4 is 10.2 Å². The number of anilines is 2. The third-order valence-electron chi connectivity index (χ3n) is 4.81. The first-order valence-electron chi connectivity index (χ1n) is 8.89. The van der Waals surface area contributed by atoms with Gasteiger partial charge in [-0.15, -0.1) is 0 Å². The number of hydrogen-bond donors (Lipinski definition) is 1. The van der Waals surface area contributed by atoms with Crippen molar-refractivity contribution in [3.8, 4) is 0 Å². The number of nitrogens with zero attached hydrogens (tertiary/aromatic N) is 3. The highest BCUT2D eigenvalue weighted by Crippen LogP contribution is 2.19. The first-order chi connectivity index (χ1) is 12.1. The molecule has 0 atom stereocenters. The van der Waals surface area contributed by atoms with E-state index in [9.17, 15) is 4.79 Å². The van der Waals surface area contributed by atoms with Crippen LogP contribution in [0.15, 0.2) is 36.5 Å². The summed E-state index contributed by atoms with van der Waals surface area (Å²) in [5.41, 5.74) is 4.53. The number of amides is 1. The van der Waals surface area contributed by atoms with E-state index in [0.717, 1.165) is 55.2 Å². The standard InChI is InChI=1S/C20H26N4O/c1-4-23-9-11-24(12-10-23)17-7-8-18(21-14-17)20(25)22-19-13-15(2)5-6-16(19)3/h5-8,13-14H,4,9-12H2,1-3H3,(H,22,25). The number of carbonyl (C=O) groups is 1. The Morgan fingerprint density at radius 2 is 1.88 bits per heavy atom. The fraction of sp³-hybridized carbons (Fsp3) is 0.400. The molecule has 25 heavy (non-hydrogen) atoms. The molecule has 2 heterocycles. The van der Waals surface area contributed by atoms with Gasteiger partial charge in [-0.25, -0.2) is 4.98 Å². The molecule has 1 aliphatic rings. The zero-order valence-electron chi connectivity index (χ0n) is 15.2. The van der Waals surface area contributed by atoms with Crippen LogP contribution in [-0.4, -0.2) is 48.5 Å². The first-order valence-corrected chi connectivity index (χ1v) is 8.89. The van der Waals surface area contributed by atoms with E-state index in [1.54, 1.807) is 6.20 Å². The van der Waals surface area contributed by atoms with Gasteiger partial charge in [0.25, 0.3) is 5.91 Å². The second-order valence-electron chi connectivity index (χ2n) is 6.60. The molecule has 5 nitrogen and oxygen atoms in total. The maximum atomic E-state index is 12.5. The van der Waals surface area contributed by atoms with Crippen LogP contribution in [0.5, 0.6) is 0 Å². The Morgan fingerprint density at radius 1 is 1.12 bits per heavy atom. The van der Waals surface area contributed by atoms with Crippen molar-refractivity contribution in [2.75, 3.05) is 42.9 Å². The van der Waals surface area contributed by atoms with Crippen LogP contribution in [0.2, 0.25) is 0 Å². The molecule has 132 valence electrons. The van der Waals surface area contributed by atoms with E-state index in [0.29, 0.717) is 5.69 Å². The molecule has 0 spiro atoms. The molecule has 1 N–H and O–H groups in total. The Balaban J connectivity index is 1.66. The predicted octanol–water partition coefficient (Wildman–Crippen LogP) is 3.09. The Kier molecular flexibility index (Phi) is 5.34. The number of aryl methyl sites for hydroxylation is 2. The van der Waals surface area contributed by atoms with Crippen molar-refractivity contribution in [3.05, 3.63) is 53.3 Å². The third kappa shape index (κ3) is 4.17. The van der Waals surface area contributed by atoms with Crippen LogP contribution in [0.25, 0.3) is 0 Å². The molecule has 0 radical (unpaired) electrons. The van der Waals surface area contributed by atoms with Gasteiger partial charge < -0.3 is 15.1 Å². The van der Waals surface area contributed by atoms with Crippen LogP contribution in [0, 0.1) is 13.8 Å². The van der Waals surface area contributed by atoms with Crippen LogP contribution >= 0.6 is 0 Å². The molecule has 0 aliphatic carbocycles. The van der Waals surface area contributed by atoms with Gasteiger partial charge in [0.1, 0.15) is 5.69 Å². The lowest BCUT2D eigenvalue weighted by atomic mass is 10.1. The van der Waals surface area contributed by atoms with E-state index >= 15 is 0 Å². The van der Waals surface area contributed by atoms with E-state index in [1.165, 1.54) is 0 Å². The predicted molar refractivity (Wildman–Crippen MR) is 102 cm³/mol. The van der Waals surface area contributed by atoms with E-state index in [1.807, 2.05) is 44.2 Å². The van der Waals surface area contributed by atoms with Crippen molar-refractivity contribution >= 4 is 17.3 Å². The van der Waals surface area contributed by atoms with Gasteiger partial charge in [-0.3, -0.25) is 4.79 Å².